The standard InChI is InChI=1S/C27H40N2O4.C26H37F3N2O.C25H38N2O2/c1-4-33-25(31)18-14-28-29(15-18)16-24(30)23-8-7-22-21-6-5-17-13-26(2,32)11-9-19(17)20(21)10-12-27(22,23)3;1-16(15-31-13-10-23(30-31)26(27,28)29)21-6-7-22-20-5-4-17-14-24(2,32)11-8-18(17)19(20)9-12-25(21,22)3;1-16-10-13-26-27(16)15-23(28)22-7-6-21-20-5-4-17-14-24(2,29)11-8-18(17)19(20)9-12-25(21,22)3/h14-15,17,19-23,32H,4-13,16H2,1-3H3;10,13,17-22,32H,1,4-9,11-12,14-15H2,2-3H3;10,13,17-22,29H,4-9,11-12,14-15H2,1-3H3/t17-,19+,20-,21-,22+,23-,26-,27+;17-,18+,19-,20-,21-,22+,24-,25-;17-,18+,19-,20-,21+,22-,24-,25+/m111/s1. The highest BCUT2D eigenvalue weighted by Crippen LogP contribution is 2.69. The number of aliphatic hydroxyl groups is 3. The molecule has 520 valence electrons. The van der Waals surface area contributed by atoms with Crippen molar-refractivity contribution in [1.82, 2.24) is 29.3 Å². The first-order valence-electron chi connectivity index (χ1n) is 37.7. The molecule has 3 aromatic heterocycles. The number of fused-ring (bicyclic) bond motifs is 15. The highest BCUT2D eigenvalue weighted by atomic mass is 19.4. The number of alkyl halides is 3. The minimum Gasteiger partial charge on any atom is -0.462 e. The van der Waals surface area contributed by atoms with E-state index < -0.39 is 28.7 Å². The van der Waals surface area contributed by atoms with Gasteiger partial charge in [-0.05, 0) is 331 Å². The Labute approximate surface area is 558 Å². The van der Waals surface area contributed by atoms with Gasteiger partial charge < -0.3 is 20.1 Å². The van der Waals surface area contributed by atoms with Crippen molar-refractivity contribution in [3.63, 3.8) is 0 Å². The number of nitrogens with zero attached hydrogens (tertiary/aromatic N) is 6. The quantitative estimate of drug-likeness (QED) is 0.124. The molecule has 13 nitrogen and oxygen atoms in total. The highest BCUT2D eigenvalue weighted by Gasteiger charge is 2.62. The van der Waals surface area contributed by atoms with Crippen LogP contribution < -0.4 is 0 Å². The van der Waals surface area contributed by atoms with Crippen LogP contribution in [0.3, 0.4) is 0 Å². The van der Waals surface area contributed by atoms with E-state index in [9.17, 15) is 42.9 Å². The Morgan fingerprint density at radius 2 is 0.979 bits per heavy atom. The molecule has 3 aromatic rings. The van der Waals surface area contributed by atoms with Crippen LogP contribution in [-0.4, -0.2) is 85.6 Å². The minimum atomic E-state index is -4.40. The summed E-state index contributed by atoms with van der Waals surface area (Å²) in [6.07, 6.45) is 33.1. The second-order valence-electron chi connectivity index (χ2n) is 35.3. The number of aromatic nitrogens is 6. The summed E-state index contributed by atoms with van der Waals surface area (Å²) in [4.78, 5) is 38.7. The van der Waals surface area contributed by atoms with Gasteiger partial charge in [0.1, 0.15) is 6.54 Å². The fraction of sp³-hybridized carbons (Fsp3) is 0.821. The van der Waals surface area contributed by atoms with Gasteiger partial charge in [0.05, 0.1) is 48.3 Å². The summed E-state index contributed by atoms with van der Waals surface area (Å²) >= 11 is 0. The zero-order valence-electron chi connectivity index (χ0n) is 58.3. The third kappa shape index (κ3) is 13.0. The smallest absolute Gasteiger partial charge is 0.435 e. The van der Waals surface area contributed by atoms with Gasteiger partial charge in [-0.1, -0.05) is 32.9 Å². The minimum absolute atomic E-state index is 0.0857. The number of carbonyl (C=O) groups excluding carboxylic acids is 3. The fourth-order valence-corrected chi connectivity index (χ4v) is 25.8. The summed E-state index contributed by atoms with van der Waals surface area (Å²) in [7, 11) is 0. The predicted octanol–water partition coefficient (Wildman–Crippen LogP) is 15.9. The zero-order valence-corrected chi connectivity index (χ0v) is 58.3. The van der Waals surface area contributed by atoms with Crippen LogP contribution in [0.5, 0.6) is 0 Å². The van der Waals surface area contributed by atoms with Crippen LogP contribution in [0.4, 0.5) is 13.2 Å². The number of esters is 1. The normalized spacial score (nSPS) is 44.1. The molecule has 0 bridgehead atoms. The molecule has 12 fully saturated rings. The van der Waals surface area contributed by atoms with Crippen LogP contribution in [0.15, 0.2) is 49.1 Å². The number of aryl methyl sites for hydroxylation is 1. The fourth-order valence-electron chi connectivity index (χ4n) is 25.8. The van der Waals surface area contributed by atoms with Crippen molar-refractivity contribution in [3.05, 3.63) is 66.0 Å². The number of hydrogen-bond donors (Lipinski definition) is 3. The highest BCUT2D eigenvalue weighted by molar-refractivity contribution is 5.89. The van der Waals surface area contributed by atoms with Gasteiger partial charge in [-0.3, -0.25) is 23.6 Å². The number of allylic oxidation sites excluding steroid dienone is 1. The van der Waals surface area contributed by atoms with Crippen LogP contribution >= 0.6 is 0 Å². The molecule has 0 saturated heterocycles. The lowest BCUT2D eigenvalue weighted by Crippen LogP contribution is -2.51. The van der Waals surface area contributed by atoms with Crippen molar-refractivity contribution >= 4 is 17.5 Å². The van der Waals surface area contributed by atoms with Gasteiger partial charge >= 0.3 is 12.1 Å². The predicted molar refractivity (Wildman–Crippen MR) is 355 cm³/mol. The molecule has 16 heteroatoms. The lowest BCUT2D eigenvalue weighted by atomic mass is 9.49. The topological polar surface area (TPSA) is 175 Å². The van der Waals surface area contributed by atoms with Crippen LogP contribution in [-0.2, 0) is 40.1 Å². The van der Waals surface area contributed by atoms with Crippen LogP contribution in [0, 0.1) is 130 Å². The summed E-state index contributed by atoms with van der Waals surface area (Å²) in [5.41, 5.74) is 0.773. The maximum atomic E-state index is 13.4. The number of Topliss-reactive ketones (excluding diaryl/α,β-unsaturated/α-hetero) is 2. The van der Waals surface area contributed by atoms with E-state index in [1.54, 1.807) is 24.0 Å². The lowest BCUT2D eigenvalue weighted by Gasteiger charge is -2.57. The lowest BCUT2D eigenvalue weighted by molar-refractivity contribution is -0.141. The van der Waals surface area contributed by atoms with Crippen molar-refractivity contribution in [3.8, 4) is 0 Å². The van der Waals surface area contributed by atoms with Gasteiger partial charge in [-0.25, -0.2) is 4.79 Å². The van der Waals surface area contributed by atoms with Gasteiger partial charge in [-0.2, -0.15) is 28.5 Å². The van der Waals surface area contributed by atoms with E-state index in [1.807, 2.05) is 38.4 Å². The van der Waals surface area contributed by atoms with Gasteiger partial charge in [0, 0.05) is 36.1 Å². The SMILES string of the molecule is C=C(Cn1ccc(C(F)(F)F)n1)[C@H]1CC[C@H]2[C@@H]3CC[C@@H]4C[C@](C)(O)CC[C@@H]4[C@H]3CC[C@]12C.CCOC(=O)c1cnn(CC(=O)[C@H]2CC[C@H]3[C@@H]4CC[C@@H]5C[C@](C)(O)CC[C@@H]5[C@H]4CC[C@]23C)c1.Cc1ccnn1CC(=O)[C@H]1CC[C@H]2[C@@H]3CC[C@@H]4C[C@](C)(O)CC[C@@H]4[C@H]3CC[C@]12C. The van der Waals surface area contributed by atoms with E-state index in [0.29, 0.717) is 60.6 Å². The number of halogens is 3. The van der Waals surface area contributed by atoms with Gasteiger partial charge in [0.2, 0.25) is 0 Å². The molecule has 0 aliphatic heterocycles. The number of carbonyl (C=O) groups is 3. The first-order valence-corrected chi connectivity index (χ1v) is 37.7. The molecule has 0 spiro atoms. The molecule has 24 atom stereocenters. The Bertz CT molecular complexity index is 3230. The molecule has 94 heavy (non-hydrogen) atoms. The maximum absolute atomic E-state index is 13.4. The molecular weight excluding hydrogens is 1190 g/mol. The molecule has 3 N–H and O–H groups in total. The van der Waals surface area contributed by atoms with E-state index in [0.717, 1.165) is 153 Å². The van der Waals surface area contributed by atoms with E-state index in [4.69, 9.17) is 4.74 Å². The summed E-state index contributed by atoms with van der Waals surface area (Å²) in [6, 6.07) is 3.04. The van der Waals surface area contributed by atoms with Crippen molar-refractivity contribution in [2.45, 2.75) is 271 Å². The van der Waals surface area contributed by atoms with Crippen molar-refractivity contribution < 1.29 is 47.6 Å². The summed E-state index contributed by atoms with van der Waals surface area (Å²) in [6.45, 7) is 22.9. The monoisotopic (exact) mass is 1300 g/mol. The third-order valence-corrected chi connectivity index (χ3v) is 30.0. The first-order chi connectivity index (χ1) is 44.5. The average molecular weight is 1310 g/mol. The average Bonchev–Trinajstić information content (AvgIpc) is 1.57. The van der Waals surface area contributed by atoms with E-state index in [-0.39, 0.29) is 46.4 Å². The van der Waals surface area contributed by atoms with Crippen LogP contribution in [0.1, 0.15) is 244 Å². The van der Waals surface area contributed by atoms with E-state index in [1.165, 1.54) is 120 Å². The molecule has 0 aromatic carbocycles. The molecule has 12 saturated carbocycles. The molecular formula is C78H115F3N6O7. The van der Waals surface area contributed by atoms with E-state index in [2.05, 4.69) is 42.6 Å². The van der Waals surface area contributed by atoms with Crippen molar-refractivity contribution in [2.24, 2.45) is 123 Å². The molecule has 0 radical (unpaired) electrons. The Balaban J connectivity index is 0.000000128. The molecule has 0 unspecified atom stereocenters. The summed E-state index contributed by atoms with van der Waals surface area (Å²) in [5, 5.41) is 44.1. The Morgan fingerprint density at radius 1 is 0.543 bits per heavy atom. The van der Waals surface area contributed by atoms with Crippen molar-refractivity contribution in [1.29, 1.82) is 0 Å². The van der Waals surface area contributed by atoms with Crippen LogP contribution in [0.25, 0.3) is 0 Å². The van der Waals surface area contributed by atoms with Crippen LogP contribution in [0.2, 0.25) is 0 Å². The van der Waals surface area contributed by atoms with Gasteiger partial charge in [0.15, 0.2) is 17.3 Å². The largest absolute Gasteiger partial charge is 0.462 e. The van der Waals surface area contributed by atoms with Gasteiger partial charge in [0.25, 0.3) is 0 Å². The summed E-state index contributed by atoms with van der Waals surface area (Å²) < 4.78 is 48.7. The number of ether oxygens (including phenoxy) is 1. The first kappa shape index (κ1) is 68.4. The van der Waals surface area contributed by atoms with E-state index >= 15 is 0 Å². The zero-order chi connectivity index (χ0) is 66.7. The Morgan fingerprint density at radius 3 is 1.40 bits per heavy atom. The molecule has 12 aliphatic rings. The number of hydrogen-bond acceptors (Lipinski definition) is 10. The van der Waals surface area contributed by atoms with Gasteiger partial charge in [-0.15, -0.1) is 0 Å². The molecule has 15 rings (SSSR count). The molecule has 3 heterocycles. The van der Waals surface area contributed by atoms with Crippen molar-refractivity contribution in [2.75, 3.05) is 6.61 Å². The Hall–Kier alpha value is -4.15. The number of ketones is 2. The number of rotatable bonds is 11. The Kier molecular flexibility index (Phi) is 18.8. The second-order valence-corrected chi connectivity index (χ2v) is 35.3. The second kappa shape index (κ2) is 25.9. The molecule has 12 aliphatic carbocycles. The third-order valence-electron chi connectivity index (χ3n) is 30.0. The molecule has 0 amide bonds. The summed E-state index contributed by atoms with van der Waals surface area (Å²) in [5.74, 6) is 12.2. The maximum Gasteiger partial charge on any atom is 0.435 e.